The highest BCUT2D eigenvalue weighted by Gasteiger charge is 2.06. The smallest absolute Gasteiger partial charge is 0.142 e. The Labute approximate surface area is 123 Å². The molecule has 0 heterocycles. The summed E-state index contributed by atoms with van der Waals surface area (Å²) in [5.41, 5.74) is 8.64. The Morgan fingerprint density at radius 3 is 2.60 bits per heavy atom. The number of aryl methyl sites for hydroxylation is 1. The molecule has 0 unspecified atom stereocenters. The quantitative estimate of drug-likeness (QED) is 0.907. The van der Waals surface area contributed by atoms with E-state index < -0.39 is 5.82 Å². The Balaban J connectivity index is 2.09. The van der Waals surface area contributed by atoms with Crippen LogP contribution < -0.4 is 10.5 Å². The summed E-state index contributed by atoms with van der Waals surface area (Å²) in [6.45, 7) is 4.20. The first-order chi connectivity index (χ1) is 9.47. The van der Waals surface area contributed by atoms with Crippen LogP contribution in [0.5, 0.6) is 5.75 Å². The zero-order valence-corrected chi connectivity index (χ0v) is 12.2. The molecular formula is C16H17ClFNO. The molecule has 0 aliphatic carbocycles. The molecule has 0 amide bonds. The van der Waals surface area contributed by atoms with Gasteiger partial charge in [-0.1, -0.05) is 29.8 Å². The molecule has 106 valence electrons. The summed E-state index contributed by atoms with van der Waals surface area (Å²) in [7, 11) is 0. The van der Waals surface area contributed by atoms with E-state index in [1.165, 1.54) is 12.1 Å². The first-order valence-electron chi connectivity index (χ1n) is 6.40. The van der Waals surface area contributed by atoms with E-state index >= 15 is 0 Å². The average molecular weight is 294 g/mol. The summed E-state index contributed by atoms with van der Waals surface area (Å²) in [5, 5.41) is 0.117. The van der Waals surface area contributed by atoms with Crippen LogP contribution in [0, 0.1) is 12.7 Å². The second-order valence-electron chi connectivity index (χ2n) is 4.85. The molecule has 20 heavy (non-hydrogen) atoms. The van der Waals surface area contributed by atoms with E-state index in [4.69, 9.17) is 22.1 Å². The third-order valence-corrected chi connectivity index (χ3v) is 3.41. The maximum absolute atomic E-state index is 13.3. The Hall–Kier alpha value is -1.58. The van der Waals surface area contributed by atoms with Crippen LogP contribution in [0.2, 0.25) is 5.02 Å². The van der Waals surface area contributed by atoms with Gasteiger partial charge in [0.15, 0.2) is 0 Å². The van der Waals surface area contributed by atoms with Crippen molar-refractivity contribution in [2.24, 2.45) is 5.73 Å². The molecule has 0 spiro atoms. The third-order valence-electron chi connectivity index (χ3n) is 3.10. The van der Waals surface area contributed by atoms with E-state index in [1.54, 1.807) is 6.07 Å². The van der Waals surface area contributed by atoms with Crippen molar-refractivity contribution in [2.75, 3.05) is 0 Å². The fourth-order valence-corrected chi connectivity index (χ4v) is 2.03. The predicted octanol–water partition coefficient (Wildman–Crippen LogP) is 4.39. The molecular weight excluding hydrogens is 277 g/mol. The number of rotatable bonds is 4. The van der Waals surface area contributed by atoms with Crippen LogP contribution >= 0.6 is 11.6 Å². The summed E-state index contributed by atoms with van der Waals surface area (Å²) >= 11 is 5.64. The summed E-state index contributed by atoms with van der Waals surface area (Å²) in [6, 6.07) is 10.5. The van der Waals surface area contributed by atoms with Crippen molar-refractivity contribution in [3.63, 3.8) is 0 Å². The molecule has 0 bridgehead atoms. The SMILES string of the molecule is Cc1cc([C@H](C)N)ccc1OCc1ccc(Cl)c(F)c1. The molecule has 2 aromatic carbocycles. The highest BCUT2D eigenvalue weighted by atomic mass is 35.5. The fraction of sp³-hybridized carbons (Fsp3) is 0.250. The number of nitrogens with two attached hydrogens (primary N) is 1. The number of benzene rings is 2. The molecule has 0 aliphatic heterocycles. The summed E-state index contributed by atoms with van der Waals surface area (Å²) in [5.74, 6) is 0.335. The molecule has 0 saturated carbocycles. The Morgan fingerprint density at radius 2 is 2.00 bits per heavy atom. The van der Waals surface area contributed by atoms with E-state index in [-0.39, 0.29) is 11.1 Å². The Morgan fingerprint density at radius 1 is 1.25 bits per heavy atom. The lowest BCUT2D eigenvalue weighted by atomic mass is 10.1. The summed E-state index contributed by atoms with van der Waals surface area (Å²) in [4.78, 5) is 0. The van der Waals surface area contributed by atoms with Gasteiger partial charge in [0.05, 0.1) is 5.02 Å². The van der Waals surface area contributed by atoms with Gasteiger partial charge < -0.3 is 10.5 Å². The van der Waals surface area contributed by atoms with E-state index in [1.807, 2.05) is 32.0 Å². The molecule has 2 N–H and O–H groups in total. The van der Waals surface area contributed by atoms with E-state index in [0.29, 0.717) is 6.61 Å². The van der Waals surface area contributed by atoms with Crippen LogP contribution in [0.3, 0.4) is 0 Å². The van der Waals surface area contributed by atoms with Gasteiger partial charge in [0.2, 0.25) is 0 Å². The fourth-order valence-electron chi connectivity index (χ4n) is 1.91. The predicted molar refractivity (Wildman–Crippen MR) is 79.5 cm³/mol. The lowest BCUT2D eigenvalue weighted by molar-refractivity contribution is 0.303. The summed E-state index contributed by atoms with van der Waals surface area (Å²) in [6.07, 6.45) is 0. The standard InChI is InChI=1S/C16H17ClFNO/c1-10-7-13(11(2)19)4-6-16(10)20-9-12-3-5-14(17)15(18)8-12/h3-8,11H,9,19H2,1-2H3/t11-/m0/s1. The molecule has 0 aromatic heterocycles. The maximum atomic E-state index is 13.3. The second-order valence-corrected chi connectivity index (χ2v) is 5.26. The van der Waals surface area contributed by atoms with Gasteiger partial charge in [0.25, 0.3) is 0 Å². The molecule has 1 atom stereocenters. The first kappa shape index (κ1) is 14.8. The third kappa shape index (κ3) is 3.50. The zero-order chi connectivity index (χ0) is 14.7. The highest BCUT2D eigenvalue weighted by molar-refractivity contribution is 6.30. The Kier molecular flexibility index (Phi) is 4.63. The minimum Gasteiger partial charge on any atom is -0.489 e. The van der Waals surface area contributed by atoms with Crippen LogP contribution in [-0.2, 0) is 6.61 Å². The highest BCUT2D eigenvalue weighted by Crippen LogP contribution is 2.23. The lowest BCUT2D eigenvalue weighted by Crippen LogP contribution is -2.05. The Bertz CT molecular complexity index is 613. The van der Waals surface area contributed by atoms with Crippen molar-refractivity contribution in [1.29, 1.82) is 0 Å². The number of halogens is 2. The van der Waals surface area contributed by atoms with Gasteiger partial charge in [-0.2, -0.15) is 0 Å². The van der Waals surface area contributed by atoms with Gasteiger partial charge in [-0.05, 0) is 48.7 Å². The molecule has 4 heteroatoms. The van der Waals surface area contributed by atoms with Crippen LogP contribution in [0.15, 0.2) is 36.4 Å². The monoisotopic (exact) mass is 293 g/mol. The lowest BCUT2D eigenvalue weighted by Gasteiger charge is -2.12. The molecule has 2 aromatic rings. The molecule has 0 fully saturated rings. The minimum absolute atomic E-state index is 0.00638. The van der Waals surface area contributed by atoms with Crippen LogP contribution in [-0.4, -0.2) is 0 Å². The molecule has 2 rings (SSSR count). The van der Waals surface area contributed by atoms with E-state index in [9.17, 15) is 4.39 Å². The van der Waals surface area contributed by atoms with Crippen molar-refractivity contribution in [1.82, 2.24) is 0 Å². The van der Waals surface area contributed by atoms with Crippen LogP contribution in [0.1, 0.15) is 29.7 Å². The topological polar surface area (TPSA) is 35.2 Å². The molecule has 0 saturated heterocycles. The van der Waals surface area contributed by atoms with Crippen molar-refractivity contribution >= 4 is 11.6 Å². The van der Waals surface area contributed by atoms with Gasteiger partial charge in [-0.25, -0.2) is 4.39 Å². The number of hydrogen-bond acceptors (Lipinski definition) is 2. The second kappa shape index (κ2) is 6.25. The van der Waals surface area contributed by atoms with E-state index in [2.05, 4.69) is 0 Å². The van der Waals surface area contributed by atoms with Crippen molar-refractivity contribution < 1.29 is 9.13 Å². The molecule has 0 radical (unpaired) electrons. The van der Waals surface area contributed by atoms with Gasteiger partial charge >= 0.3 is 0 Å². The maximum Gasteiger partial charge on any atom is 0.142 e. The van der Waals surface area contributed by atoms with Crippen LogP contribution in [0.4, 0.5) is 4.39 Å². The first-order valence-corrected chi connectivity index (χ1v) is 6.78. The largest absolute Gasteiger partial charge is 0.489 e. The van der Waals surface area contributed by atoms with Gasteiger partial charge in [-0.15, -0.1) is 0 Å². The van der Waals surface area contributed by atoms with Gasteiger partial charge in [-0.3, -0.25) is 0 Å². The normalized spacial score (nSPS) is 12.2. The zero-order valence-electron chi connectivity index (χ0n) is 11.5. The number of ether oxygens (including phenoxy) is 1. The van der Waals surface area contributed by atoms with E-state index in [0.717, 1.165) is 22.4 Å². The summed E-state index contributed by atoms with van der Waals surface area (Å²) < 4.78 is 19.0. The number of hydrogen-bond donors (Lipinski definition) is 1. The van der Waals surface area contributed by atoms with Gasteiger partial charge in [0.1, 0.15) is 18.2 Å². The van der Waals surface area contributed by atoms with Crippen molar-refractivity contribution in [3.8, 4) is 5.75 Å². The minimum atomic E-state index is -0.434. The molecule has 0 aliphatic rings. The average Bonchev–Trinajstić information content (AvgIpc) is 2.41. The van der Waals surface area contributed by atoms with Crippen molar-refractivity contribution in [3.05, 3.63) is 63.9 Å². The van der Waals surface area contributed by atoms with Gasteiger partial charge in [0, 0.05) is 6.04 Å². The molecule has 2 nitrogen and oxygen atoms in total. The van der Waals surface area contributed by atoms with Crippen LogP contribution in [0.25, 0.3) is 0 Å². The van der Waals surface area contributed by atoms with Crippen molar-refractivity contribution in [2.45, 2.75) is 26.5 Å².